The van der Waals surface area contributed by atoms with E-state index in [0.29, 0.717) is 0 Å². The predicted molar refractivity (Wildman–Crippen MR) is 59.3 cm³/mol. The summed E-state index contributed by atoms with van der Waals surface area (Å²) in [4.78, 5) is 3.98. The summed E-state index contributed by atoms with van der Waals surface area (Å²) >= 11 is 0. The highest BCUT2D eigenvalue weighted by Crippen LogP contribution is 2.13. The fourth-order valence-electron chi connectivity index (χ4n) is 1.52. The second-order valence-corrected chi connectivity index (χ2v) is 3.38. The van der Waals surface area contributed by atoms with Crippen LogP contribution in [0.2, 0.25) is 0 Å². The first-order valence-electron chi connectivity index (χ1n) is 4.62. The summed E-state index contributed by atoms with van der Waals surface area (Å²) in [6.45, 7) is 1.94. The number of imidazole rings is 1. The van der Waals surface area contributed by atoms with Crippen molar-refractivity contribution in [2.45, 2.75) is 6.92 Å². The number of nitrogens with two attached hydrogens (primary N) is 1. The van der Waals surface area contributed by atoms with Gasteiger partial charge in [0, 0.05) is 23.6 Å². The fraction of sp³-hybridized carbons (Fsp3) is 0.0909. The highest BCUT2D eigenvalue weighted by atomic mass is 15.0. The van der Waals surface area contributed by atoms with Gasteiger partial charge >= 0.3 is 0 Å². The predicted octanol–water partition coefficient (Wildman–Crippen LogP) is 1.46. The number of nitrogens with one attached hydrogen (secondary N) is 1. The molecule has 4 heteroatoms. The van der Waals surface area contributed by atoms with Crippen molar-refractivity contribution in [1.82, 2.24) is 9.55 Å². The lowest BCUT2D eigenvalue weighted by atomic mass is 10.1. The Morgan fingerprint density at radius 2 is 2.27 bits per heavy atom. The summed E-state index contributed by atoms with van der Waals surface area (Å²) in [5.74, 6) is 0.102. The molecule has 1 aromatic carbocycles. The zero-order chi connectivity index (χ0) is 10.8. The first kappa shape index (κ1) is 9.45. The topological polar surface area (TPSA) is 67.7 Å². The van der Waals surface area contributed by atoms with Crippen LogP contribution in [0, 0.1) is 12.3 Å². The van der Waals surface area contributed by atoms with Crippen LogP contribution in [0.3, 0.4) is 0 Å². The zero-order valence-corrected chi connectivity index (χ0v) is 8.44. The Kier molecular flexibility index (Phi) is 2.25. The molecule has 0 aliphatic rings. The van der Waals surface area contributed by atoms with E-state index in [0.717, 1.165) is 16.8 Å². The van der Waals surface area contributed by atoms with Gasteiger partial charge in [-0.1, -0.05) is 0 Å². The summed E-state index contributed by atoms with van der Waals surface area (Å²) in [5.41, 5.74) is 8.24. The van der Waals surface area contributed by atoms with Crippen LogP contribution < -0.4 is 5.73 Å². The van der Waals surface area contributed by atoms with Gasteiger partial charge in [-0.05, 0) is 30.7 Å². The fourth-order valence-corrected chi connectivity index (χ4v) is 1.52. The third-order valence-corrected chi connectivity index (χ3v) is 2.30. The molecule has 76 valence electrons. The van der Waals surface area contributed by atoms with Gasteiger partial charge < -0.3 is 10.3 Å². The van der Waals surface area contributed by atoms with E-state index in [1.54, 1.807) is 12.5 Å². The minimum Gasteiger partial charge on any atom is -0.384 e. The lowest BCUT2D eigenvalue weighted by molar-refractivity contribution is 1.05. The van der Waals surface area contributed by atoms with Crippen LogP contribution in [-0.4, -0.2) is 15.4 Å². The molecule has 0 saturated carbocycles. The molecule has 0 bridgehead atoms. The highest BCUT2D eigenvalue weighted by molar-refractivity contribution is 5.96. The lowest BCUT2D eigenvalue weighted by Gasteiger charge is -2.07. The van der Waals surface area contributed by atoms with Gasteiger partial charge in [-0.2, -0.15) is 0 Å². The SMILES string of the molecule is Cc1cc(-n2ccnc2)ccc1C(=N)N. The van der Waals surface area contributed by atoms with Crippen molar-refractivity contribution in [3.05, 3.63) is 48.0 Å². The molecule has 3 N–H and O–H groups in total. The number of hydrogen-bond acceptors (Lipinski definition) is 2. The van der Waals surface area contributed by atoms with Gasteiger partial charge in [0.25, 0.3) is 0 Å². The molecule has 2 aromatic rings. The van der Waals surface area contributed by atoms with Crippen molar-refractivity contribution in [2.75, 3.05) is 0 Å². The number of benzene rings is 1. The van der Waals surface area contributed by atoms with Gasteiger partial charge in [-0.3, -0.25) is 5.41 Å². The second-order valence-electron chi connectivity index (χ2n) is 3.38. The molecule has 1 aromatic heterocycles. The van der Waals surface area contributed by atoms with E-state index in [2.05, 4.69) is 4.98 Å². The molecule has 0 unspecified atom stereocenters. The first-order valence-corrected chi connectivity index (χ1v) is 4.62. The molecular weight excluding hydrogens is 188 g/mol. The minimum absolute atomic E-state index is 0.102. The third kappa shape index (κ3) is 1.74. The molecule has 0 radical (unpaired) electrons. The summed E-state index contributed by atoms with van der Waals surface area (Å²) in [5, 5.41) is 7.38. The van der Waals surface area contributed by atoms with Gasteiger partial charge in [0.2, 0.25) is 0 Å². The Morgan fingerprint density at radius 3 is 2.80 bits per heavy atom. The van der Waals surface area contributed by atoms with E-state index in [1.165, 1.54) is 0 Å². The van der Waals surface area contributed by atoms with E-state index < -0.39 is 0 Å². The van der Waals surface area contributed by atoms with E-state index >= 15 is 0 Å². The molecule has 15 heavy (non-hydrogen) atoms. The molecule has 0 saturated heterocycles. The van der Waals surface area contributed by atoms with E-state index in [1.807, 2.05) is 35.9 Å². The van der Waals surface area contributed by atoms with Crippen molar-refractivity contribution >= 4 is 5.84 Å². The van der Waals surface area contributed by atoms with Crippen LogP contribution in [0.15, 0.2) is 36.9 Å². The summed E-state index contributed by atoms with van der Waals surface area (Å²) in [6, 6.07) is 5.76. The maximum Gasteiger partial charge on any atom is 0.123 e. The van der Waals surface area contributed by atoms with E-state index in [9.17, 15) is 0 Å². The van der Waals surface area contributed by atoms with Crippen LogP contribution >= 0.6 is 0 Å². The van der Waals surface area contributed by atoms with Crippen molar-refractivity contribution in [1.29, 1.82) is 5.41 Å². The van der Waals surface area contributed by atoms with Gasteiger partial charge in [-0.15, -0.1) is 0 Å². The Labute approximate surface area is 87.9 Å². The first-order chi connectivity index (χ1) is 7.18. The number of hydrogen-bond donors (Lipinski definition) is 2. The Hall–Kier alpha value is -2.10. The minimum atomic E-state index is 0.102. The van der Waals surface area contributed by atoms with Crippen LogP contribution in [-0.2, 0) is 0 Å². The average Bonchev–Trinajstić information content (AvgIpc) is 2.69. The summed E-state index contributed by atoms with van der Waals surface area (Å²) in [7, 11) is 0. The highest BCUT2D eigenvalue weighted by Gasteiger charge is 2.03. The Bertz CT molecular complexity index is 485. The number of nitrogen functional groups attached to an aromatic ring is 1. The van der Waals surface area contributed by atoms with Crippen LogP contribution in [0.5, 0.6) is 0 Å². The molecule has 0 amide bonds. The number of rotatable bonds is 2. The summed E-state index contributed by atoms with van der Waals surface area (Å²) < 4.78 is 1.91. The Balaban J connectivity index is 2.47. The van der Waals surface area contributed by atoms with E-state index in [4.69, 9.17) is 11.1 Å². The normalized spacial score (nSPS) is 10.2. The molecule has 0 aliphatic heterocycles. The lowest BCUT2D eigenvalue weighted by Crippen LogP contribution is -2.12. The zero-order valence-electron chi connectivity index (χ0n) is 8.44. The number of aromatic nitrogens is 2. The van der Waals surface area contributed by atoms with Crippen molar-refractivity contribution in [3.8, 4) is 5.69 Å². The van der Waals surface area contributed by atoms with Gasteiger partial charge in [-0.25, -0.2) is 4.98 Å². The second kappa shape index (κ2) is 3.57. The largest absolute Gasteiger partial charge is 0.384 e. The molecular formula is C11H12N4. The van der Waals surface area contributed by atoms with Crippen molar-refractivity contribution in [3.63, 3.8) is 0 Å². The number of nitrogens with zero attached hydrogens (tertiary/aromatic N) is 2. The quantitative estimate of drug-likeness (QED) is 0.569. The molecule has 4 nitrogen and oxygen atoms in total. The molecule has 2 rings (SSSR count). The standard InChI is InChI=1S/C11H12N4/c1-8-6-9(15-5-4-14-7-15)2-3-10(8)11(12)13/h2-7H,1H3,(H3,12,13). The van der Waals surface area contributed by atoms with Crippen LogP contribution in [0.25, 0.3) is 5.69 Å². The Morgan fingerprint density at radius 1 is 1.47 bits per heavy atom. The molecule has 0 atom stereocenters. The van der Waals surface area contributed by atoms with Crippen molar-refractivity contribution in [2.24, 2.45) is 5.73 Å². The van der Waals surface area contributed by atoms with Crippen LogP contribution in [0.1, 0.15) is 11.1 Å². The van der Waals surface area contributed by atoms with Gasteiger partial charge in [0.05, 0.1) is 6.33 Å². The summed E-state index contributed by atoms with van der Waals surface area (Å²) in [6.07, 6.45) is 5.35. The third-order valence-electron chi connectivity index (χ3n) is 2.30. The molecule has 0 aliphatic carbocycles. The molecule has 1 heterocycles. The smallest absolute Gasteiger partial charge is 0.123 e. The number of amidine groups is 1. The van der Waals surface area contributed by atoms with Gasteiger partial charge in [0.15, 0.2) is 0 Å². The van der Waals surface area contributed by atoms with Crippen LogP contribution in [0.4, 0.5) is 0 Å². The van der Waals surface area contributed by atoms with E-state index in [-0.39, 0.29) is 5.84 Å². The number of aryl methyl sites for hydroxylation is 1. The monoisotopic (exact) mass is 200 g/mol. The molecule has 0 fully saturated rings. The van der Waals surface area contributed by atoms with Gasteiger partial charge in [0.1, 0.15) is 5.84 Å². The molecule has 0 spiro atoms. The maximum atomic E-state index is 7.38. The maximum absolute atomic E-state index is 7.38. The van der Waals surface area contributed by atoms with Crippen molar-refractivity contribution < 1.29 is 0 Å². The average molecular weight is 200 g/mol.